The minimum Gasteiger partial charge on any atom is -0.481 e. The van der Waals surface area contributed by atoms with Crippen molar-refractivity contribution in [2.45, 2.75) is 96.8 Å². The van der Waals surface area contributed by atoms with Crippen LogP contribution in [0.3, 0.4) is 0 Å². The van der Waals surface area contributed by atoms with E-state index in [9.17, 15) is 14.4 Å². The lowest BCUT2D eigenvalue weighted by atomic mass is 9.98. The third kappa shape index (κ3) is 8.42. The van der Waals surface area contributed by atoms with Crippen molar-refractivity contribution in [2.75, 3.05) is 0 Å². The lowest BCUT2D eigenvalue weighted by Gasteiger charge is -2.07. The fourth-order valence-electron chi connectivity index (χ4n) is 3.27. The van der Waals surface area contributed by atoms with Gasteiger partial charge in [-0.3, -0.25) is 14.4 Å². The number of rotatable bonds is 14. The maximum absolute atomic E-state index is 12.0. The number of carboxylic acid groups (broad SMARTS) is 1. The Kier molecular flexibility index (Phi) is 10.3. The molecular formula is C20H32O4. The SMILES string of the molecule is CCCCCC(=O)CCC1=C(CCCCCCC(=O)O)C(=O)CC1. The molecule has 0 aromatic heterocycles. The third-order valence-electron chi connectivity index (χ3n) is 4.75. The number of carboxylic acids is 1. The molecule has 4 nitrogen and oxygen atoms in total. The lowest BCUT2D eigenvalue weighted by molar-refractivity contribution is -0.137. The summed E-state index contributed by atoms with van der Waals surface area (Å²) in [6, 6.07) is 0. The van der Waals surface area contributed by atoms with Crippen LogP contribution in [-0.2, 0) is 14.4 Å². The fraction of sp³-hybridized carbons (Fsp3) is 0.750. The van der Waals surface area contributed by atoms with Gasteiger partial charge in [-0.05, 0) is 44.1 Å². The van der Waals surface area contributed by atoms with Gasteiger partial charge in [-0.25, -0.2) is 0 Å². The number of allylic oxidation sites excluding steroid dienone is 2. The van der Waals surface area contributed by atoms with Crippen LogP contribution in [-0.4, -0.2) is 22.6 Å². The quantitative estimate of drug-likeness (QED) is 0.453. The Morgan fingerprint density at radius 1 is 0.875 bits per heavy atom. The minimum absolute atomic E-state index is 0.229. The monoisotopic (exact) mass is 336 g/mol. The van der Waals surface area contributed by atoms with E-state index in [4.69, 9.17) is 5.11 Å². The van der Waals surface area contributed by atoms with E-state index in [1.165, 1.54) is 5.57 Å². The second-order valence-electron chi connectivity index (χ2n) is 6.81. The summed E-state index contributed by atoms with van der Waals surface area (Å²) in [7, 11) is 0. The van der Waals surface area contributed by atoms with Crippen LogP contribution in [0.15, 0.2) is 11.1 Å². The Hall–Kier alpha value is -1.45. The molecule has 0 bridgehead atoms. The molecule has 0 atom stereocenters. The molecule has 1 N–H and O–H groups in total. The second-order valence-corrected chi connectivity index (χ2v) is 6.81. The average Bonchev–Trinajstić information content (AvgIpc) is 2.89. The van der Waals surface area contributed by atoms with Crippen molar-refractivity contribution in [2.24, 2.45) is 0 Å². The molecule has 1 aliphatic carbocycles. The zero-order valence-electron chi connectivity index (χ0n) is 15.1. The first-order valence-electron chi connectivity index (χ1n) is 9.52. The number of carbonyl (C=O) groups excluding carboxylic acids is 2. The van der Waals surface area contributed by atoms with Gasteiger partial charge >= 0.3 is 5.97 Å². The second kappa shape index (κ2) is 12.0. The first-order chi connectivity index (χ1) is 11.5. The molecule has 0 saturated carbocycles. The molecule has 0 unspecified atom stereocenters. The standard InChI is InChI=1S/C20H32O4/c1-2-3-6-9-17(21)14-12-16-13-15-19(22)18(16)10-7-4-5-8-11-20(23)24/h2-15H2,1H3,(H,23,24). The predicted molar refractivity (Wildman–Crippen MR) is 95.0 cm³/mol. The fourth-order valence-corrected chi connectivity index (χ4v) is 3.27. The average molecular weight is 336 g/mol. The first kappa shape index (κ1) is 20.6. The van der Waals surface area contributed by atoms with E-state index >= 15 is 0 Å². The normalized spacial score (nSPS) is 14.5. The highest BCUT2D eigenvalue weighted by Crippen LogP contribution is 2.30. The van der Waals surface area contributed by atoms with Crippen molar-refractivity contribution >= 4 is 17.5 Å². The van der Waals surface area contributed by atoms with E-state index in [-0.39, 0.29) is 12.2 Å². The predicted octanol–water partition coefficient (Wildman–Crippen LogP) is 5.00. The summed E-state index contributed by atoms with van der Waals surface area (Å²) in [5.41, 5.74) is 2.17. The number of Topliss-reactive ketones (excluding diaryl/α,β-unsaturated/α-hetero) is 2. The van der Waals surface area contributed by atoms with Gasteiger partial charge in [0.15, 0.2) is 5.78 Å². The Morgan fingerprint density at radius 3 is 2.29 bits per heavy atom. The molecule has 0 amide bonds. The minimum atomic E-state index is -0.741. The summed E-state index contributed by atoms with van der Waals surface area (Å²) < 4.78 is 0. The molecule has 4 heteroatoms. The highest BCUT2D eigenvalue weighted by Gasteiger charge is 2.22. The summed E-state index contributed by atoms with van der Waals surface area (Å²) in [5.74, 6) is -0.160. The molecule has 0 heterocycles. The van der Waals surface area contributed by atoms with Crippen molar-refractivity contribution in [3.05, 3.63) is 11.1 Å². The number of hydrogen-bond donors (Lipinski definition) is 1. The van der Waals surface area contributed by atoms with E-state index in [0.29, 0.717) is 31.5 Å². The molecule has 0 spiro atoms. The van der Waals surface area contributed by atoms with Crippen molar-refractivity contribution < 1.29 is 19.5 Å². The topological polar surface area (TPSA) is 71.4 Å². The molecule has 1 rings (SSSR count). The number of ketones is 2. The van der Waals surface area contributed by atoms with Gasteiger partial charge in [0.05, 0.1) is 0 Å². The van der Waals surface area contributed by atoms with Gasteiger partial charge in [0, 0.05) is 25.7 Å². The van der Waals surface area contributed by atoms with E-state index in [2.05, 4.69) is 6.92 Å². The molecule has 0 aromatic carbocycles. The number of carbonyl (C=O) groups is 3. The maximum atomic E-state index is 12.0. The molecule has 136 valence electrons. The van der Waals surface area contributed by atoms with Gasteiger partial charge in [-0.15, -0.1) is 0 Å². The molecule has 0 aliphatic heterocycles. The van der Waals surface area contributed by atoms with Crippen LogP contribution in [0.4, 0.5) is 0 Å². The highest BCUT2D eigenvalue weighted by molar-refractivity contribution is 5.98. The van der Waals surface area contributed by atoms with Crippen LogP contribution in [0.2, 0.25) is 0 Å². The largest absolute Gasteiger partial charge is 0.481 e. The first-order valence-corrected chi connectivity index (χ1v) is 9.52. The van der Waals surface area contributed by atoms with Crippen LogP contribution in [0, 0.1) is 0 Å². The van der Waals surface area contributed by atoms with E-state index in [1.54, 1.807) is 0 Å². The Labute approximate surface area is 145 Å². The third-order valence-corrected chi connectivity index (χ3v) is 4.75. The van der Waals surface area contributed by atoms with Crippen LogP contribution >= 0.6 is 0 Å². The van der Waals surface area contributed by atoms with Gasteiger partial charge in [-0.1, -0.05) is 38.2 Å². The summed E-state index contributed by atoms with van der Waals surface area (Å²) in [4.78, 5) is 34.4. The molecule has 0 saturated heterocycles. The number of hydrogen-bond acceptors (Lipinski definition) is 3. The zero-order chi connectivity index (χ0) is 17.8. The van der Waals surface area contributed by atoms with Gasteiger partial charge < -0.3 is 5.11 Å². The Bertz CT molecular complexity index is 462. The molecule has 0 aromatic rings. The van der Waals surface area contributed by atoms with Crippen molar-refractivity contribution in [1.82, 2.24) is 0 Å². The van der Waals surface area contributed by atoms with E-state index in [0.717, 1.165) is 63.4 Å². The van der Waals surface area contributed by atoms with Crippen LogP contribution in [0.25, 0.3) is 0 Å². The lowest BCUT2D eigenvalue weighted by Crippen LogP contribution is -2.00. The van der Waals surface area contributed by atoms with Crippen LogP contribution in [0.5, 0.6) is 0 Å². The summed E-state index contributed by atoms with van der Waals surface area (Å²) in [6.45, 7) is 2.13. The van der Waals surface area contributed by atoms with Gasteiger partial charge in [0.25, 0.3) is 0 Å². The summed E-state index contributed by atoms with van der Waals surface area (Å²) >= 11 is 0. The van der Waals surface area contributed by atoms with Gasteiger partial charge in [0.1, 0.15) is 5.78 Å². The van der Waals surface area contributed by atoms with Crippen LogP contribution in [0.1, 0.15) is 96.8 Å². The summed E-state index contributed by atoms with van der Waals surface area (Å²) in [5, 5.41) is 8.60. The highest BCUT2D eigenvalue weighted by atomic mass is 16.4. The van der Waals surface area contributed by atoms with Gasteiger partial charge in [-0.2, -0.15) is 0 Å². The van der Waals surface area contributed by atoms with E-state index < -0.39 is 5.97 Å². The smallest absolute Gasteiger partial charge is 0.303 e. The van der Waals surface area contributed by atoms with Crippen molar-refractivity contribution in [1.29, 1.82) is 0 Å². The molecule has 1 aliphatic rings. The Morgan fingerprint density at radius 2 is 1.58 bits per heavy atom. The van der Waals surface area contributed by atoms with Crippen molar-refractivity contribution in [3.8, 4) is 0 Å². The molecule has 0 radical (unpaired) electrons. The summed E-state index contributed by atoms with van der Waals surface area (Å²) in [6.07, 6.45) is 11.2. The van der Waals surface area contributed by atoms with E-state index in [1.807, 2.05) is 0 Å². The molecule has 24 heavy (non-hydrogen) atoms. The van der Waals surface area contributed by atoms with Crippen molar-refractivity contribution in [3.63, 3.8) is 0 Å². The molecular weight excluding hydrogens is 304 g/mol. The Balaban J connectivity index is 2.30. The number of unbranched alkanes of at least 4 members (excludes halogenated alkanes) is 5. The maximum Gasteiger partial charge on any atom is 0.303 e. The zero-order valence-corrected chi connectivity index (χ0v) is 15.1. The molecule has 0 fully saturated rings. The van der Waals surface area contributed by atoms with Crippen LogP contribution < -0.4 is 0 Å². The number of aliphatic carboxylic acids is 1. The van der Waals surface area contributed by atoms with Gasteiger partial charge in [0.2, 0.25) is 0 Å².